The van der Waals surface area contributed by atoms with Gasteiger partial charge in [-0.1, -0.05) is 0 Å². The molecule has 1 aromatic heterocycles. The average Bonchev–Trinajstić information content (AvgIpc) is 2.30. The molecule has 0 spiro atoms. The normalized spacial score (nSPS) is 24.3. The molecule has 1 aliphatic carbocycles. The van der Waals surface area contributed by atoms with Crippen molar-refractivity contribution in [2.45, 2.75) is 44.6 Å². The van der Waals surface area contributed by atoms with Gasteiger partial charge in [-0.05, 0) is 37.8 Å². The number of hydrogen-bond donors (Lipinski definition) is 1. The maximum Gasteiger partial charge on any atom is 0.302 e. The standard InChI is InChI=1S/C13H18N2O2/c1-9(16)17-12-5-2-10(3-6-12)13-7-4-11(14)8-15-13/h4,7-8,10,12H,2-3,5-6,14H2,1H3. The van der Waals surface area contributed by atoms with Crippen LogP contribution in [-0.2, 0) is 9.53 Å². The molecule has 92 valence electrons. The maximum absolute atomic E-state index is 10.9. The molecule has 0 unspecified atom stereocenters. The van der Waals surface area contributed by atoms with Crippen molar-refractivity contribution in [2.24, 2.45) is 0 Å². The number of carbonyl (C=O) groups is 1. The van der Waals surface area contributed by atoms with Crippen LogP contribution in [-0.4, -0.2) is 17.1 Å². The molecule has 2 rings (SSSR count). The van der Waals surface area contributed by atoms with E-state index in [2.05, 4.69) is 4.98 Å². The summed E-state index contributed by atoms with van der Waals surface area (Å²) in [6, 6.07) is 3.88. The zero-order valence-corrected chi connectivity index (χ0v) is 10.1. The van der Waals surface area contributed by atoms with Crippen LogP contribution in [0.1, 0.15) is 44.2 Å². The number of rotatable bonds is 2. The Hall–Kier alpha value is -1.58. The number of nitrogen functional groups attached to an aromatic ring is 1. The number of carbonyl (C=O) groups excluding carboxylic acids is 1. The summed E-state index contributed by atoms with van der Waals surface area (Å²) in [5.41, 5.74) is 7.41. The molecule has 17 heavy (non-hydrogen) atoms. The molecule has 0 bridgehead atoms. The molecule has 0 aliphatic heterocycles. The summed E-state index contributed by atoms with van der Waals surface area (Å²) in [4.78, 5) is 15.2. The molecule has 0 atom stereocenters. The number of hydrogen-bond acceptors (Lipinski definition) is 4. The van der Waals surface area contributed by atoms with E-state index in [-0.39, 0.29) is 12.1 Å². The Labute approximate surface area is 101 Å². The van der Waals surface area contributed by atoms with Gasteiger partial charge in [0.15, 0.2) is 0 Å². The second-order valence-electron chi connectivity index (χ2n) is 4.60. The van der Waals surface area contributed by atoms with Gasteiger partial charge in [0.2, 0.25) is 0 Å². The van der Waals surface area contributed by atoms with Crippen molar-refractivity contribution in [3.8, 4) is 0 Å². The average molecular weight is 234 g/mol. The summed E-state index contributed by atoms with van der Waals surface area (Å²) < 4.78 is 5.22. The van der Waals surface area contributed by atoms with E-state index in [1.165, 1.54) is 6.92 Å². The number of nitrogens with two attached hydrogens (primary N) is 1. The first-order valence-electron chi connectivity index (χ1n) is 6.04. The second-order valence-corrected chi connectivity index (χ2v) is 4.60. The van der Waals surface area contributed by atoms with Crippen LogP contribution >= 0.6 is 0 Å². The Balaban J connectivity index is 1.90. The number of aromatic nitrogens is 1. The van der Waals surface area contributed by atoms with Gasteiger partial charge >= 0.3 is 5.97 Å². The maximum atomic E-state index is 10.9. The fourth-order valence-electron chi connectivity index (χ4n) is 2.37. The Morgan fingerprint density at radius 3 is 2.59 bits per heavy atom. The molecule has 1 aliphatic rings. The van der Waals surface area contributed by atoms with E-state index in [1.807, 2.05) is 12.1 Å². The minimum absolute atomic E-state index is 0.0949. The van der Waals surface area contributed by atoms with Gasteiger partial charge in [-0.25, -0.2) is 0 Å². The predicted octanol–water partition coefficient (Wildman–Crippen LogP) is 2.25. The van der Waals surface area contributed by atoms with E-state index in [1.54, 1.807) is 6.20 Å². The van der Waals surface area contributed by atoms with E-state index in [0.29, 0.717) is 11.6 Å². The van der Waals surface area contributed by atoms with Crippen LogP contribution in [0.3, 0.4) is 0 Å². The van der Waals surface area contributed by atoms with Crippen molar-refractivity contribution in [3.05, 3.63) is 24.0 Å². The van der Waals surface area contributed by atoms with E-state index in [4.69, 9.17) is 10.5 Å². The predicted molar refractivity (Wildman–Crippen MR) is 65.4 cm³/mol. The van der Waals surface area contributed by atoms with Crippen LogP contribution in [0.15, 0.2) is 18.3 Å². The third kappa shape index (κ3) is 3.19. The number of esters is 1. The van der Waals surface area contributed by atoms with Gasteiger partial charge in [-0.3, -0.25) is 9.78 Å². The summed E-state index contributed by atoms with van der Waals surface area (Å²) in [5, 5.41) is 0. The quantitative estimate of drug-likeness (QED) is 0.797. The monoisotopic (exact) mass is 234 g/mol. The van der Waals surface area contributed by atoms with Crippen molar-refractivity contribution in [1.82, 2.24) is 4.98 Å². The zero-order valence-electron chi connectivity index (χ0n) is 10.1. The Bertz CT molecular complexity index is 381. The van der Waals surface area contributed by atoms with Gasteiger partial charge in [-0.2, -0.15) is 0 Å². The SMILES string of the molecule is CC(=O)OC1CCC(c2ccc(N)cn2)CC1. The Kier molecular flexibility index (Phi) is 3.61. The third-order valence-electron chi connectivity index (χ3n) is 3.23. The number of nitrogens with zero attached hydrogens (tertiary/aromatic N) is 1. The van der Waals surface area contributed by atoms with Crippen molar-refractivity contribution in [1.29, 1.82) is 0 Å². The fourth-order valence-corrected chi connectivity index (χ4v) is 2.37. The Morgan fingerprint density at radius 2 is 2.06 bits per heavy atom. The number of pyridine rings is 1. The van der Waals surface area contributed by atoms with Crippen molar-refractivity contribution in [3.63, 3.8) is 0 Å². The smallest absolute Gasteiger partial charge is 0.302 e. The van der Waals surface area contributed by atoms with Crippen molar-refractivity contribution in [2.75, 3.05) is 5.73 Å². The van der Waals surface area contributed by atoms with E-state index in [9.17, 15) is 4.79 Å². The molecule has 0 aromatic carbocycles. The summed E-state index contributed by atoms with van der Waals surface area (Å²) >= 11 is 0. The van der Waals surface area contributed by atoms with Gasteiger partial charge in [0.1, 0.15) is 6.10 Å². The molecular formula is C13H18N2O2. The lowest BCUT2D eigenvalue weighted by Gasteiger charge is -2.27. The van der Waals surface area contributed by atoms with E-state index >= 15 is 0 Å². The highest BCUT2D eigenvalue weighted by molar-refractivity contribution is 5.66. The second kappa shape index (κ2) is 5.17. The lowest BCUT2D eigenvalue weighted by Crippen LogP contribution is -2.23. The first-order valence-corrected chi connectivity index (χ1v) is 6.04. The van der Waals surface area contributed by atoms with Crippen molar-refractivity contribution < 1.29 is 9.53 Å². The highest BCUT2D eigenvalue weighted by Gasteiger charge is 2.24. The topological polar surface area (TPSA) is 65.2 Å². The molecular weight excluding hydrogens is 216 g/mol. The minimum atomic E-state index is -0.181. The van der Waals surface area contributed by atoms with Gasteiger partial charge in [0.05, 0.1) is 11.9 Å². The molecule has 0 amide bonds. The summed E-state index contributed by atoms with van der Waals surface area (Å²) in [6.07, 6.45) is 5.70. The van der Waals surface area contributed by atoms with Gasteiger partial charge in [-0.15, -0.1) is 0 Å². The molecule has 1 fully saturated rings. The molecule has 1 saturated carbocycles. The number of ether oxygens (including phenoxy) is 1. The molecule has 0 saturated heterocycles. The third-order valence-corrected chi connectivity index (χ3v) is 3.23. The molecule has 4 nitrogen and oxygen atoms in total. The lowest BCUT2D eigenvalue weighted by atomic mass is 9.85. The van der Waals surface area contributed by atoms with Crippen LogP contribution < -0.4 is 5.73 Å². The molecule has 1 heterocycles. The van der Waals surface area contributed by atoms with E-state index in [0.717, 1.165) is 31.4 Å². The highest BCUT2D eigenvalue weighted by atomic mass is 16.5. The minimum Gasteiger partial charge on any atom is -0.463 e. The lowest BCUT2D eigenvalue weighted by molar-refractivity contribution is -0.147. The van der Waals surface area contributed by atoms with Crippen LogP contribution in [0, 0.1) is 0 Å². The zero-order chi connectivity index (χ0) is 12.3. The first-order chi connectivity index (χ1) is 8.15. The fraction of sp³-hybridized carbons (Fsp3) is 0.538. The van der Waals surface area contributed by atoms with Crippen molar-refractivity contribution >= 4 is 11.7 Å². The molecule has 0 radical (unpaired) electrons. The van der Waals surface area contributed by atoms with Crippen LogP contribution in [0.25, 0.3) is 0 Å². The summed E-state index contributed by atoms with van der Waals surface area (Å²) in [6.45, 7) is 1.47. The van der Waals surface area contributed by atoms with Gasteiger partial charge < -0.3 is 10.5 Å². The highest BCUT2D eigenvalue weighted by Crippen LogP contribution is 2.33. The van der Waals surface area contributed by atoms with Gasteiger partial charge in [0, 0.05) is 18.5 Å². The summed E-state index contributed by atoms with van der Waals surface area (Å²) in [7, 11) is 0. The molecule has 1 aromatic rings. The van der Waals surface area contributed by atoms with Crippen LogP contribution in [0.5, 0.6) is 0 Å². The van der Waals surface area contributed by atoms with E-state index < -0.39 is 0 Å². The van der Waals surface area contributed by atoms with Gasteiger partial charge in [0.25, 0.3) is 0 Å². The summed E-state index contributed by atoms with van der Waals surface area (Å²) in [5.74, 6) is 0.293. The molecule has 4 heteroatoms. The Morgan fingerprint density at radius 1 is 1.35 bits per heavy atom. The molecule has 2 N–H and O–H groups in total. The van der Waals surface area contributed by atoms with Crippen LogP contribution in [0.4, 0.5) is 5.69 Å². The van der Waals surface area contributed by atoms with Crippen LogP contribution in [0.2, 0.25) is 0 Å². The number of anilines is 1. The largest absolute Gasteiger partial charge is 0.463 e. The first kappa shape index (κ1) is 11.9.